The number of amides is 1. The summed E-state index contributed by atoms with van der Waals surface area (Å²) in [5.74, 6) is -1.92. The van der Waals surface area contributed by atoms with Crippen molar-refractivity contribution in [2.24, 2.45) is 0 Å². The van der Waals surface area contributed by atoms with Crippen LogP contribution in [-0.2, 0) is 9.59 Å². The van der Waals surface area contributed by atoms with Crippen molar-refractivity contribution < 1.29 is 19.6 Å². The van der Waals surface area contributed by atoms with Crippen LogP contribution in [0, 0.1) is 10.1 Å². The quantitative estimate of drug-likeness (QED) is 0.187. The zero-order chi connectivity index (χ0) is 22.1. The van der Waals surface area contributed by atoms with Gasteiger partial charge in [0, 0.05) is 27.9 Å². The zero-order valence-electron chi connectivity index (χ0n) is 15.9. The van der Waals surface area contributed by atoms with Crippen molar-refractivity contribution in [1.82, 2.24) is 0 Å². The molecule has 154 valence electrons. The van der Waals surface area contributed by atoms with E-state index >= 15 is 0 Å². The van der Waals surface area contributed by atoms with Gasteiger partial charge in [0.05, 0.1) is 16.5 Å². The molecule has 1 saturated heterocycles. The SMILES string of the molecule is O=C1C(=O)N(c2ccc(Br)cc2)[C@H](c2ccc([N+](=O)[O-])cc2)/C1=C(\O)c1ccccc1. The lowest BCUT2D eigenvalue weighted by atomic mass is 9.95. The number of nitro benzene ring substituents is 1. The number of ketones is 1. The maximum Gasteiger partial charge on any atom is 0.300 e. The molecule has 1 aliphatic rings. The largest absolute Gasteiger partial charge is 0.507 e. The van der Waals surface area contributed by atoms with E-state index in [9.17, 15) is 24.8 Å². The van der Waals surface area contributed by atoms with Gasteiger partial charge in [0.15, 0.2) is 0 Å². The summed E-state index contributed by atoms with van der Waals surface area (Å²) in [5, 5.41) is 22.0. The van der Waals surface area contributed by atoms with Crippen LogP contribution >= 0.6 is 15.9 Å². The first-order valence-electron chi connectivity index (χ1n) is 9.25. The first-order valence-corrected chi connectivity index (χ1v) is 10.0. The van der Waals surface area contributed by atoms with Gasteiger partial charge >= 0.3 is 0 Å². The van der Waals surface area contributed by atoms with Gasteiger partial charge in [-0.2, -0.15) is 0 Å². The molecule has 8 heteroatoms. The van der Waals surface area contributed by atoms with Gasteiger partial charge in [-0.05, 0) is 42.0 Å². The van der Waals surface area contributed by atoms with Crippen LogP contribution in [0.15, 0.2) is 88.9 Å². The molecule has 7 nitrogen and oxygen atoms in total. The van der Waals surface area contributed by atoms with Gasteiger partial charge in [0.1, 0.15) is 5.76 Å². The Morgan fingerprint density at radius 3 is 2.13 bits per heavy atom. The highest BCUT2D eigenvalue weighted by molar-refractivity contribution is 9.10. The zero-order valence-corrected chi connectivity index (χ0v) is 17.5. The maximum absolute atomic E-state index is 13.0. The normalized spacial score (nSPS) is 17.7. The number of anilines is 1. The molecule has 4 rings (SSSR count). The third-order valence-corrected chi connectivity index (χ3v) is 5.54. The fourth-order valence-electron chi connectivity index (χ4n) is 3.55. The van der Waals surface area contributed by atoms with E-state index in [1.165, 1.54) is 29.2 Å². The first-order chi connectivity index (χ1) is 14.9. The summed E-state index contributed by atoms with van der Waals surface area (Å²) in [6.07, 6.45) is 0. The van der Waals surface area contributed by atoms with E-state index in [-0.39, 0.29) is 17.0 Å². The van der Waals surface area contributed by atoms with Gasteiger partial charge in [-0.25, -0.2) is 0 Å². The molecular weight excluding hydrogens is 464 g/mol. The van der Waals surface area contributed by atoms with Crippen molar-refractivity contribution in [1.29, 1.82) is 0 Å². The molecule has 1 fully saturated rings. The molecule has 31 heavy (non-hydrogen) atoms. The molecule has 1 atom stereocenters. The minimum absolute atomic E-state index is 0.0760. The van der Waals surface area contributed by atoms with E-state index in [0.717, 1.165) is 4.47 Å². The smallest absolute Gasteiger partial charge is 0.300 e. The number of carbonyl (C=O) groups is 2. The third kappa shape index (κ3) is 3.73. The van der Waals surface area contributed by atoms with E-state index in [1.807, 2.05) is 0 Å². The molecule has 3 aromatic carbocycles. The fraction of sp³-hybridized carbons (Fsp3) is 0.0435. The Morgan fingerprint density at radius 2 is 1.55 bits per heavy atom. The minimum Gasteiger partial charge on any atom is -0.507 e. The fourth-order valence-corrected chi connectivity index (χ4v) is 3.81. The molecule has 1 amide bonds. The Morgan fingerprint density at radius 1 is 0.935 bits per heavy atom. The average Bonchev–Trinajstić information content (AvgIpc) is 3.05. The second kappa shape index (κ2) is 8.16. The number of Topliss-reactive ketones (excluding diaryl/α,β-unsaturated/α-hetero) is 1. The van der Waals surface area contributed by atoms with Crippen molar-refractivity contribution in [3.8, 4) is 0 Å². The van der Waals surface area contributed by atoms with Crippen LogP contribution in [0.25, 0.3) is 5.76 Å². The predicted molar refractivity (Wildman–Crippen MR) is 118 cm³/mol. The van der Waals surface area contributed by atoms with E-state index in [0.29, 0.717) is 16.8 Å². The number of nitro groups is 1. The number of nitrogens with zero attached hydrogens (tertiary/aromatic N) is 2. The number of hydrogen-bond donors (Lipinski definition) is 1. The second-order valence-corrected chi connectivity index (χ2v) is 7.78. The predicted octanol–water partition coefficient (Wildman–Crippen LogP) is 4.98. The van der Waals surface area contributed by atoms with Crippen LogP contribution in [-0.4, -0.2) is 21.7 Å². The molecule has 0 radical (unpaired) electrons. The molecule has 1 N–H and O–H groups in total. The van der Waals surface area contributed by atoms with Crippen molar-refractivity contribution in [2.75, 3.05) is 4.90 Å². The van der Waals surface area contributed by atoms with Gasteiger partial charge < -0.3 is 5.11 Å². The van der Waals surface area contributed by atoms with Crippen LogP contribution < -0.4 is 4.90 Å². The molecule has 0 aliphatic carbocycles. The van der Waals surface area contributed by atoms with Crippen LogP contribution in [0.1, 0.15) is 17.2 Å². The minimum atomic E-state index is -0.942. The van der Waals surface area contributed by atoms with Gasteiger partial charge in [0.25, 0.3) is 17.4 Å². The van der Waals surface area contributed by atoms with Crippen molar-refractivity contribution in [3.05, 3.63) is 110 Å². The van der Waals surface area contributed by atoms with Crippen LogP contribution in [0.5, 0.6) is 0 Å². The number of aliphatic hydroxyl groups is 1. The van der Waals surface area contributed by atoms with Crippen molar-refractivity contribution in [3.63, 3.8) is 0 Å². The maximum atomic E-state index is 13.0. The Balaban J connectivity index is 1.93. The topological polar surface area (TPSA) is 101 Å². The number of rotatable bonds is 4. The van der Waals surface area contributed by atoms with Crippen molar-refractivity contribution in [2.45, 2.75) is 6.04 Å². The Bertz CT molecular complexity index is 1200. The van der Waals surface area contributed by atoms with Crippen molar-refractivity contribution >= 4 is 44.8 Å². The number of benzene rings is 3. The Labute approximate surface area is 185 Å². The highest BCUT2D eigenvalue weighted by atomic mass is 79.9. The number of halogens is 1. The lowest BCUT2D eigenvalue weighted by Crippen LogP contribution is -2.29. The first kappa shape index (κ1) is 20.5. The van der Waals surface area contributed by atoms with Crippen LogP contribution in [0.3, 0.4) is 0 Å². The summed E-state index contributed by atoms with van der Waals surface area (Å²) in [5.41, 5.74) is 1.12. The highest BCUT2D eigenvalue weighted by Crippen LogP contribution is 2.42. The van der Waals surface area contributed by atoms with Gasteiger partial charge in [0.2, 0.25) is 0 Å². The molecule has 0 aromatic heterocycles. The van der Waals surface area contributed by atoms with Crippen LogP contribution in [0.4, 0.5) is 11.4 Å². The van der Waals surface area contributed by atoms with E-state index < -0.39 is 22.7 Å². The monoisotopic (exact) mass is 478 g/mol. The van der Waals surface area contributed by atoms with Crippen LogP contribution in [0.2, 0.25) is 0 Å². The standard InChI is InChI=1S/C23H15BrN2O5/c24-16-8-12-17(13-9-16)25-20(14-6-10-18(11-7-14)26(30)31)19(22(28)23(25)29)21(27)15-4-2-1-3-5-15/h1-13,20,27H/b21-19+/t20-/m1/s1. The van der Waals surface area contributed by atoms with Gasteiger partial charge in [-0.3, -0.25) is 24.6 Å². The van der Waals surface area contributed by atoms with E-state index in [4.69, 9.17) is 0 Å². The molecule has 1 aliphatic heterocycles. The molecule has 0 unspecified atom stereocenters. The number of carbonyl (C=O) groups excluding carboxylic acids is 2. The summed E-state index contributed by atoms with van der Waals surface area (Å²) in [6, 6.07) is 19.9. The summed E-state index contributed by atoms with van der Waals surface area (Å²) >= 11 is 3.34. The van der Waals surface area contributed by atoms with Gasteiger partial charge in [-0.15, -0.1) is 0 Å². The highest BCUT2D eigenvalue weighted by Gasteiger charge is 2.47. The molecule has 1 heterocycles. The van der Waals surface area contributed by atoms with E-state index in [1.54, 1.807) is 54.6 Å². The summed E-state index contributed by atoms with van der Waals surface area (Å²) in [6.45, 7) is 0. The molecule has 3 aromatic rings. The summed E-state index contributed by atoms with van der Waals surface area (Å²) in [4.78, 5) is 37.8. The molecule has 0 spiro atoms. The molecular formula is C23H15BrN2O5. The Kier molecular flexibility index (Phi) is 5.39. The number of hydrogen-bond acceptors (Lipinski definition) is 5. The second-order valence-electron chi connectivity index (χ2n) is 6.86. The lowest BCUT2D eigenvalue weighted by molar-refractivity contribution is -0.384. The summed E-state index contributed by atoms with van der Waals surface area (Å²) in [7, 11) is 0. The summed E-state index contributed by atoms with van der Waals surface area (Å²) < 4.78 is 0.795. The lowest BCUT2D eigenvalue weighted by Gasteiger charge is -2.25. The molecule has 0 bridgehead atoms. The number of non-ortho nitro benzene ring substituents is 1. The molecule has 0 saturated carbocycles. The average molecular weight is 479 g/mol. The van der Waals surface area contributed by atoms with Gasteiger partial charge in [-0.1, -0.05) is 46.3 Å². The Hall–Kier alpha value is -3.78. The third-order valence-electron chi connectivity index (χ3n) is 5.02. The number of aliphatic hydroxyl groups excluding tert-OH is 1. The van der Waals surface area contributed by atoms with E-state index in [2.05, 4.69) is 15.9 Å².